The Labute approximate surface area is 196 Å². The maximum atomic E-state index is 12.3. The molecule has 32 heavy (non-hydrogen) atoms. The molecule has 6 nitrogen and oxygen atoms in total. The van der Waals surface area contributed by atoms with E-state index >= 15 is 0 Å². The van der Waals surface area contributed by atoms with E-state index in [9.17, 15) is 10.1 Å². The molecule has 0 fully saturated rings. The van der Waals surface area contributed by atoms with Gasteiger partial charge in [0.05, 0.1) is 40.6 Å². The molecule has 1 N–H and O–H groups in total. The smallest absolute Gasteiger partial charge is 0.272 e. The lowest BCUT2D eigenvalue weighted by Crippen LogP contribution is -2.18. The quantitative estimate of drug-likeness (QED) is 0.365. The molecule has 0 saturated carbocycles. The number of nitrogens with zero attached hydrogens (tertiary/aromatic N) is 2. The Morgan fingerprint density at radius 3 is 2.66 bits per heavy atom. The summed E-state index contributed by atoms with van der Waals surface area (Å²) in [6.07, 6.45) is 1.43. The number of benzene rings is 3. The third kappa shape index (κ3) is 5.58. The second-order valence-corrected chi connectivity index (χ2v) is 7.59. The fraction of sp³-hybridized carbons (Fsp3) is 0.125. The SMILES string of the molecule is COc1cc(/C=N\NC(=O)c2ccc(C)cc2Cl)cc(Cl)c1OCc1ccccc1C#N. The molecule has 3 rings (SSSR count). The Bertz CT molecular complexity index is 1220. The molecule has 0 aliphatic rings. The zero-order chi connectivity index (χ0) is 23.1. The molecule has 0 saturated heterocycles. The van der Waals surface area contributed by atoms with Crippen molar-refractivity contribution in [2.75, 3.05) is 7.11 Å². The van der Waals surface area contributed by atoms with Gasteiger partial charge in [0.25, 0.3) is 5.91 Å². The van der Waals surface area contributed by atoms with Crippen LogP contribution in [0.25, 0.3) is 0 Å². The van der Waals surface area contributed by atoms with Crippen LogP contribution in [0.15, 0.2) is 59.7 Å². The molecule has 0 aromatic heterocycles. The fourth-order valence-corrected chi connectivity index (χ4v) is 3.48. The Kier molecular flexibility index (Phi) is 7.72. The predicted octanol–water partition coefficient (Wildman–Crippen LogP) is 5.53. The molecule has 3 aromatic rings. The first-order valence-electron chi connectivity index (χ1n) is 9.50. The number of carbonyl (C=O) groups excluding carboxylic acids is 1. The largest absolute Gasteiger partial charge is 0.493 e. The van der Waals surface area contributed by atoms with Crippen LogP contribution >= 0.6 is 23.2 Å². The maximum Gasteiger partial charge on any atom is 0.272 e. The molecule has 0 aliphatic heterocycles. The highest BCUT2D eigenvalue weighted by atomic mass is 35.5. The van der Waals surface area contributed by atoms with Crippen molar-refractivity contribution >= 4 is 35.3 Å². The monoisotopic (exact) mass is 467 g/mol. The second kappa shape index (κ2) is 10.7. The zero-order valence-electron chi connectivity index (χ0n) is 17.4. The summed E-state index contributed by atoms with van der Waals surface area (Å²) in [5.74, 6) is 0.302. The van der Waals surface area contributed by atoms with Gasteiger partial charge in [-0.1, -0.05) is 47.5 Å². The van der Waals surface area contributed by atoms with Crippen LogP contribution in [0.4, 0.5) is 0 Å². The summed E-state index contributed by atoms with van der Waals surface area (Å²) >= 11 is 12.5. The van der Waals surface area contributed by atoms with E-state index in [1.165, 1.54) is 13.3 Å². The van der Waals surface area contributed by atoms with Crippen molar-refractivity contribution in [1.82, 2.24) is 5.43 Å². The number of hydrogen-bond donors (Lipinski definition) is 1. The molecule has 0 aliphatic carbocycles. The molecular weight excluding hydrogens is 449 g/mol. The van der Waals surface area contributed by atoms with Crippen molar-refractivity contribution in [2.45, 2.75) is 13.5 Å². The highest BCUT2D eigenvalue weighted by Crippen LogP contribution is 2.36. The molecule has 0 bridgehead atoms. The van der Waals surface area contributed by atoms with E-state index in [1.807, 2.05) is 19.1 Å². The number of nitriles is 1. The van der Waals surface area contributed by atoms with E-state index in [2.05, 4.69) is 16.6 Å². The topological polar surface area (TPSA) is 83.7 Å². The van der Waals surface area contributed by atoms with Gasteiger partial charge in [-0.3, -0.25) is 4.79 Å². The molecule has 0 heterocycles. The van der Waals surface area contributed by atoms with Gasteiger partial charge in [-0.15, -0.1) is 0 Å². The number of aryl methyl sites for hydroxylation is 1. The van der Waals surface area contributed by atoms with E-state index in [0.717, 1.165) is 11.1 Å². The average Bonchev–Trinajstić information content (AvgIpc) is 2.78. The van der Waals surface area contributed by atoms with Gasteiger partial charge in [-0.05, 0) is 48.4 Å². The Hall–Kier alpha value is -3.53. The van der Waals surface area contributed by atoms with Crippen LogP contribution < -0.4 is 14.9 Å². The fourth-order valence-electron chi connectivity index (χ4n) is 2.89. The third-order valence-electron chi connectivity index (χ3n) is 4.51. The number of carbonyl (C=O) groups is 1. The lowest BCUT2D eigenvalue weighted by Gasteiger charge is -2.14. The molecule has 8 heteroatoms. The highest BCUT2D eigenvalue weighted by molar-refractivity contribution is 6.34. The second-order valence-electron chi connectivity index (χ2n) is 6.77. The molecule has 1 amide bonds. The van der Waals surface area contributed by atoms with Gasteiger partial charge in [0.1, 0.15) is 6.61 Å². The molecule has 3 aromatic carbocycles. The lowest BCUT2D eigenvalue weighted by atomic mass is 10.1. The molecular formula is C24H19Cl2N3O3. The van der Waals surface area contributed by atoms with Crippen molar-refractivity contribution in [1.29, 1.82) is 5.26 Å². The Morgan fingerprint density at radius 2 is 1.94 bits per heavy atom. The van der Waals surface area contributed by atoms with Crippen LogP contribution in [-0.4, -0.2) is 19.2 Å². The van der Waals surface area contributed by atoms with Gasteiger partial charge in [0.2, 0.25) is 0 Å². The van der Waals surface area contributed by atoms with Crippen molar-refractivity contribution < 1.29 is 14.3 Å². The zero-order valence-corrected chi connectivity index (χ0v) is 18.9. The van der Waals surface area contributed by atoms with Gasteiger partial charge in [-0.2, -0.15) is 10.4 Å². The van der Waals surface area contributed by atoms with Crippen molar-refractivity contribution in [2.24, 2.45) is 5.10 Å². The Morgan fingerprint density at radius 1 is 1.16 bits per heavy atom. The van der Waals surface area contributed by atoms with Gasteiger partial charge < -0.3 is 9.47 Å². The number of rotatable bonds is 7. The van der Waals surface area contributed by atoms with Crippen molar-refractivity contribution in [3.05, 3.63) is 92.5 Å². The average molecular weight is 468 g/mol. The van der Waals surface area contributed by atoms with Crippen LogP contribution in [0.2, 0.25) is 10.0 Å². The number of halogens is 2. The van der Waals surface area contributed by atoms with Crippen molar-refractivity contribution in [3.8, 4) is 17.6 Å². The summed E-state index contributed by atoms with van der Waals surface area (Å²) in [6.45, 7) is 2.04. The first-order chi connectivity index (χ1) is 15.4. The number of nitrogens with one attached hydrogen (secondary N) is 1. The van der Waals surface area contributed by atoms with E-state index < -0.39 is 5.91 Å². The summed E-state index contributed by atoms with van der Waals surface area (Å²) in [5, 5.41) is 13.8. The number of ether oxygens (including phenoxy) is 2. The summed E-state index contributed by atoms with van der Waals surface area (Å²) in [7, 11) is 1.49. The van der Waals surface area contributed by atoms with Gasteiger partial charge >= 0.3 is 0 Å². The van der Waals surface area contributed by atoms with Crippen LogP contribution in [0.1, 0.15) is 32.6 Å². The number of hydrazone groups is 1. The highest BCUT2D eigenvalue weighted by Gasteiger charge is 2.13. The van der Waals surface area contributed by atoms with Gasteiger partial charge in [-0.25, -0.2) is 5.43 Å². The lowest BCUT2D eigenvalue weighted by molar-refractivity contribution is 0.0955. The molecule has 0 radical (unpaired) electrons. The number of hydrogen-bond acceptors (Lipinski definition) is 5. The van der Waals surface area contributed by atoms with Crippen LogP contribution in [0.5, 0.6) is 11.5 Å². The van der Waals surface area contributed by atoms with E-state index in [0.29, 0.717) is 38.2 Å². The van der Waals surface area contributed by atoms with Crippen LogP contribution in [-0.2, 0) is 6.61 Å². The predicted molar refractivity (Wildman–Crippen MR) is 125 cm³/mol. The standard InChI is InChI=1S/C24H19Cl2N3O3/c1-15-7-8-19(20(25)9-15)24(30)29-28-13-16-10-21(26)23(22(11-16)31-2)32-14-18-6-4-3-5-17(18)12-27/h3-11,13H,14H2,1-2H3,(H,29,30)/b28-13-. The third-order valence-corrected chi connectivity index (χ3v) is 5.10. The summed E-state index contributed by atoms with van der Waals surface area (Å²) in [4.78, 5) is 12.3. The maximum absolute atomic E-state index is 12.3. The van der Waals surface area contributed by atoms with Crippen LogP contribution in [0.3, 0.4) is 0 Å². The first-order valence-corrected chi connectivity index (χ1v) is 10.3. The minimum absolute atomic E-state index is 0.153. The summed E-state index contributed by atoms with van der Waals surface area (Å²) in [6, 6.07) is 17.7. The van der Waals surface area contributed by atoms with Gasteiger partial charge in [0, 0.05) is 5.56 Å². The number of methoxy groups -OCH3 is 1. The molecule has 162 valence electrons. The Balaban J connectivity index is 1.73. The van der Waals surface area contributed by atoms with E-state index in [-0.39, 0.29) is 6.61 Å². The molecule has 0 spiro atoms. The van der Waals surface area contributed by atoms with Crippen molar-refractivity contribution in [3.63, 3.8) is 0 Å². The minimum atomic E-state index is -0.430. The minimum Gasteiger partial charge on any atom is -0.493 e. The van der Waals surface area contributed by atoms with E-state index in [1.54, 1.807) is 42.5 Å². The first kappa shape index (κ1) is 23.1. The molecule has 0 atom stereocenters. The summed E-state index contributed by atoms with van der Waals surface area (Å²) in [5.41, 5.74) is 5.56. The number of amides is 1. The molecule has 0 unspecified atom stereocenters. The normalized spacial score (nSPS) is 10.6. The van der Waals surface area contributed by atoms with Gasteiger partial charge in [0.15, 0.2) is 11.5 Å². The summed E-state index contributed by atoms with van der Waals surface area (Å²) < 4.78 is 11.2. The van der Waals surface area contributed by atoms with E-state index in [4.69, 9.17) is 32.7 Å². The van der Waals surface area contributed by atoms with Crippen LogP contribution in [0, 0.1) is 18.3 Å².